The Morgan fingerprint density at radius 2 is 1.86 bits per heavy atom. The lowest BCUT2D eigenvalue weighted by Gasteiger charge is -1.99. The predicted molar refractivity (Wildman–Crippen MR) is 119 cm³/mol. The second-order valence-electron chi connectivity index (χ2n) is 5.79. The van der Waals surface area contributed by atoms with Crippen LogP contribution in [0.4, 0.5) is 5.69 Å². The molecule has 0 spiro atoms. The third kappa shape index (κ3) is 4.36. The van der Waals surface area contributed by atoms with Gasteiger partial charge in [0, 0.05) is 21.1 Å². The maximum absolute atomic E-state index is 12.3. The van der Waals surface area contributed by atoms with Gasteiger partial charge in [-0.2, -0.15) is 0 Å². The van der Waals surface area contributed by atoms with Gasteiger partial charge in [-0.15, -0.1) is 0 Å². The maximum atomic E-state index is 12.3. The van der Waals surface area contributed by atoms with E-state index in [0.29, 0.717) is 31.6 Å². The molecule has 0 radical (unpaired) electrons. The monoisotopic (exact) mass is 492 g/mol. The number of rotatable bonds is 3. The van der Waals surface area contributed by atoms with Crippen molar-refractivity contribution in [1.82, 2.24) is 5.32 Å². The first-order valence-electron chi connectivity index (χ1n) is 8.08. The van der Waals surface area contributed by atoms with E-state index in [-0.39, 0.29) is 5.91 Å². The molecule has 0 saturated carbocycles. The Kier molecular flexibility index (Phi) is 5.64. The number of nitrogens with zero attached hydrogens (tertiary/aromatic N) is 1. The predicted octanol–water partition coefficient (Wildman–Crippen LogP) is 6.91. The van der Waals surface area contributed by atoms with E-state index in [9.17, 15) is 4.79 Å². The van der Waals surface area contributed by atoms with E-state index in [0.717, 1.165) is 15.8 Å². The highest BCUT2D eigenvalue weighted by molar-refractivity contribution is 9.10. The highest BCUT2D eigenvalue weighted by atomic mass is 79.9. The fourth-order valence-electron chi connectivity index (χ4n) is 2.49. The molecule has 8 heteroatoms. The number of amidine groups is 1. The lowest BCUT2D eigenvalue weighted by atomic mass is 10.2. The highest BCUT2D eigenvalue weighted by Crippen LogP contribution is 2.33. The summed E-state index contributed by atoms with van der Waals surface area (Å²) in [6.45, 7) is 0. The van der Waals surface area contributed by atoms with Gasteiger partial charge in [0.15, 0.2) is 5.17 Å². The van der Waals surface area contributed by atoms with Crippen molar-refractivity contribution >= 4 is 73.7 Å². The van der Waals surface area contributed by atoms with Crippen LogP contribution in [0.1, 0.15) is 5.76 Å². The van der Waals surface area contributed by atoms with Crippen LogP contribution in [0.25, 0.3) is 17.4 Å². The summed E-state index contributed by atoms with van der Waals surface area (Å²) in [4.78, 5) is 17.1. The SMILES string of the molecule is O=C1NC(=Nc2ccc(Cl)cc2Cl)S/C1=C/c1ccc(-c2ccc(Br)cc2)o1. The third-order valence-corrected chi connectivity index (χ3v) is 5.79. The molecule has 4 rings (SSSR count). The molecule has 2 aromatic carbocycles. The molecule has 0 unspecified atom stereocenters. The lowest BCUT2D eigenvalue weighted by Crippen LogP contribution is -2.19. The molecule has 1 amide bonds. The van der Waals surface area contributed by atoms with E-state index in [4.69, 9.17) is 27.6 Å². The van der Waals surface area contributed by atoms with Crippen molar-refractivity contribution in [1.29, 1.82) is 0 Å². The first-order chi connectivity index (χ1) is 13.5. The van der Waals surface area contributed by atoms with Crippen LogP contribution in [-0.4, -0.2) is 11.1 Å². The molecule has 28 heavy (non-hydrogen) atoms. The van der Waals surface area contributed by atoms with Crippen molar-refractivity contribution in [2.45, 2.75) is 0 Å². The molecule has 1 aliphatic rings. The van der Waals surface area contributed by atoms with Gasteiger partial charge in [-0.05, 0) is 54.2 Å². The zero-order valence-electron chi connectivity index (χ0n) is 14.1. The quantitative estimate of drug-likeness (QED) is 0.403. The molecular weight excluding hydrogens is 483 g/mol. The second-order valence-corrected chi connectivity index (χ2v) is 8.58. The van der Waals surface area contributed by atoms with Gasteiger partial charge in [0.05, 0.1) is 15.6 Å². The summed E-state index contributed by atoms with van der Waals surface area (Å²) in [6.07, 6.45) is 1.69. The van der Waals surface area contributed by atoms with Gasteiger partial charge < -0.3 is 9.73 Å². The number of hydrogen-bond donors (Lipinski definition) is 1. The molecule has 1 fully saturated rings. The van der Waals surface area contributed by atoms with E-state index in [1.807, 2.05) is 36.4 Å². The summed E-state index contributed by atoms with van der Waals surface area (Å²) in [5, 5.41) is 4.11. The molecular formula is C20H11BrCl2N2O2S. The van der Waals surface area contributed by atoms with Gasteiger partial charge in [0.25, 0.3) is 5.91 Å². The van der Waals surface area contributed by atoms with Gasteiger partial charge in [-0.3, -0.25) is 4.79 Å². The molecule has 1 aromatic heterocycles. The molecule has 0 aliphatic carbocycles. The summed E-state index contributed by atoms with van der Waals surface area (Å²) < 4.78 is 6.84. The zero-order valence-corrected chi connectivity index (χ0v) is 18.0. The number of thioether (sulfide) groups is 1. The maximum Gasteiger partial charge on any atom is 0.264 e. The molecule has 2 heterocycles. The third-order valence-electron chi connectivity index (χ3n) is 3.81. The normalized spacial score (nSPS) is 16.8. The van der Waals surface area contributed by atoms with Crippen LogP contribution in [0, 0.1) is 0 Å². The van der Waals surface area contributed by atoms with Crippen molar-refractivity contribution in [2.24, 2.45) is 4.99 Å². The number of hydrogen-bond acceptors (Lipinski definition) is 4. The molecule has 1 saturated heterocycles. The number of aliphatic imine (C=N–C) groups is 1. The van der Waals surface area contributed by atoms with Gasteiger partial charge in [-0.25, -0.2) is 4.99 Å². The zero-order chi connectivity index (χ0) is 19.7. The average Bonchev–Trinajstić information content (AvgIpc) is 3.25. The molecule has 0 bridgehead atoms. The molecule has 3 aromatic rings. The summed E-state index contributed by atoms with van der Waals surface area (Å²) in [5.41, 5.74) is 1.49. The number of carbonyl (C=O) groups excluding carboxylic acids is 1. The van der Waals surface area contributed by atoms with Crippen molar-refractivity contribution in [3.63, 3.8) is 0 Å². The standard InChI is InChI=1S/C20H11BrCl2N2O2S/c21-12-3-1-11(2-4-12)17-8-6-14(27-17)10-18-19(26)25-20(28-18)24-16-7-5-13(22)9-15(16)23/h1-10H,(H,24,25,26)/b18-10+. The molecule has 1 N–H and O–H groups in total. The van der Waals surface area contributed by atoms with E-state index < -0.39 is 0 Å². The summed E-state index contributed by atoms with van der Waals surface area (Å²) in [7, 11) is 0. The van der Waals surface area contributed by atoms with Crippen LogP contribution < -0.4 is 5.32 Å². The lowest BCUT2D eigenvalue weighted by molar-refractivity contribution is -0.115. The fraction of sp³-hybridized carbons (Fsp3) is 0. The first-order valence-corrected chi connectivity index (χ1v) is 10.4. The Hall–Kier alpha value is -1.99. The fourth-order valence-corrected chi connectivity index (χ4v) is 4.02. The van der Waals surface area contributed by atoms with Gasteiger partial charge in [0.2, 0.25) is 0 Å². The summed E-state index contributed by atoms with van der Waals surface area (Å²) >= 11 is 16.7. The van der Waals surface area contributed by atoms with Crippen molar-refractivity contribution in [2.75, 3.05) is 0 Å². The second kappa shape index (κ2) is 8.17. The molecule has 1 aliphatic heterocycles. The average molecular weight is 494 g/mol. The van der Waals surface area contributed by atoms with Crippen molar-refractivity contribution < 1.29 is 9.21 Å². The van der Waals surface area contributed by atoms with Crippen LogP contribution in [0.15, 0.2) is 73.4 Å². The molecule has 4 nitrogen and oxygen atoms in total. The van der Waals surface area contributed by atoms with E-state index in [1.165, 1.54) is 11.8 Å². The minimum Gasteiger partial charge on any atom is -0.457 e. The van der Waals surface area contributed by atoms with E-state index in [2.05, 4.69) is 26.2 Å². The number of nitrogens with one attached hydrogen (secondary N) is 1. The molecule has 0 atom stereocenters. The highest BCUT2D eigenvalue weighted by Gasteiger charge is 2.24. The number of benzene rings is 2. The smallest absolute Gasteiger partial charge is 0.264 e. The van der Waals surface area contributed by atoms with E-state index in [1.54, 1.807) is 24.3 Å². The Morgan fingerprint density at radius 1 is 1.07 bits per heavy atom. The van der Waals surface area contributed by atoms with Crippen LogP contribution in [0.3, 0.4) is 0 Å². The minimum absolute atomic E-state index is 0.240. The van der Waals surface area contributed by atoms with Gasteiger partial charge >= 0.3 is 0 Å². The Labute approximate surface area is 183 Å². The molecule has 140 valence electrons. The Balaban J connectivity index is 1.55. The van der Waals surface area contributed by atoms with E-state index >= 15 is 0 Å². The summed E-state index contributed by atoms with van der Waals surface area (Å²) in [5.74, 6) is 1.07. The summed E-state index contributed by atoms with van der Waals surface area (Å²) in [6, 6.07) is 16.5. The van der Waals surface area contributed by atoms with Crippen LogP contribution >= 0.6 is 50.9 Å². The number of carbonyl (C=O) groups is 1. The number of furan rings is 1. The Morgan fingerprint density at radius 3 is 2.61 bits per heavy atom. The van der Waals surface area contributed by atoms with Crippen molar-refractivity contribution in [3.8, 4) is 11.3 Å². The van der Waals surface area contributed by atoms with Crippen LogP contribution in [0.2, 0.25) is 10.0 Å². The first kappa shape index (κ1) is 19.3. The van der Waals surface area contributed by atoms with Crippen LogP contribution in [-0.2, 0) is 4.79 Å². The number of amides is 1. The van der Waals surface area contributed by atoms with Crippen molar-refractivity contribution in [3.05, 3.63) is 79.8 Å². The van der Waals surface area contributed by atoms with Gasteiger partial charge in [0.1, 0.15) is 11.5 Å². The minimum atomic E-state index is -0.240. The topological polar surface area (TPSA) is 54.6 Å². The Bertz CT molecular complexity index is 1120. The number of halogens is 3. The van der Waals surface area contributed by atoms with Gasteiger partial charge in [-0.1, -0.05) is 51.3 Å². The van der Waals surface area contributed by atoms with Crippen LogP contribution in [0.5, 0.6) is 0 Å². The largest absolute Gasteiger partial charge is 0.457 e.